The fourth-order valence-corrected chi connectivity index (χ4v) is 6.91. The van der Waals surface area contributed by atoms with Crippen LogP contribution in [0.3, 0.4) is 0 Å². The van der Waals surface area contributed by atoms with Crippen LogP contribution in [0.5, 0.6) is 0 Å². The van der Waals surface area contributed by atoms with Gasteiger partial charge >= 0.3 is 6.16 Å². The predicted molar refractivity (Wildman–Crippen MR) is 132 cm³/mol. The van der Waals surface area contributed by atoms with Crippen LogP contribution in [0.15, 0.2) is 67.3 Å². The summed E-state index contributed by atoms with van der Waals surface area (Å²) in [5, 5.41) is 5.37. The van der Waals surface area contributed by atoms with Crippen molar-refractivity contribution in [1.82, 2.24) is 20.1 Å². The van der Waals surface area contributed by atoms with Gasteiger partial charge in [0, 0.05) is 8.95 Å². The van der Waals surface area contributed by atoms with E-state index in [0.717, 1.165) is 0 Å². The molecule has 2 aromatic carbocycles. The number of ether oxygens (including phenoxy) is 2. The van der Waals surface area contributed by atoms with Crippen molar-refractivity contribution in [2.24, 2.45) is 0 Å². The molecule has 188 valence electrons. The van der Waals surface area contributed by atoms with Crippen LogP contribution in [-0.2, 0) is 29.5 Å². The number of likely N-dealkylation sites (N-methyl/N-ethyl adjacent to an activating group) is 2. The van der Waals surface area contributed by atoms with Gasteiger partial charge in [0.05, 0.1) is 9.79 Å². The molecule has 0 radical (unpaired) electrons. The molecule has 2 aromatic rings. The first-order chi connectivity index (χ1) is 16.0. The zero-order chi connectivity index (χ0) is 25.4. The Kier molecular flexibility index (Phi) is 10.9. The lowest BCUT2D eigenvalue weighted by Gasteiger charge is -2.20. The minimum absolute atomic E-state index is 0.0204. The summed E-state index contributed by atoms with van der Waals surface area (Å²) in [4.78, 5) is 12.0. The van der Waals surface area contributed by atoms with Crippen molar-refractivity contribution < 1.29 is 31.1 Å². The van der Waals surface area contributed by atoms with Crippen molar-refractivity contribution in [3.05, 3.63) is 57.5 Å². The number of hydrogen-bond acceptors (Lipinski definition) is 9. The molecule has 0 aliphatic rings. The van der Waals surface area contributed by atoms with Crippen molar-refractivity contribution in [1.29, 1.82) is 0 Å². The highest BCUT2D eigenvalue weighted by molar-refractivity contribution is 9.10. The molecular weight excluding hydrogens is 620 g/mol. The van der Waals surface area contributed by atoms with E-state index in [1.54, 1.807) is 36.4 Å². The van der Waals surface area contributed by atoms with Crippen LogP contribution >= 0.6 is 31.9 Å². The van der Waals surface area contributed by atoms with Crippen LogP contribution in [-0.4, -0.2) is 62.6 Å². The van der Waals surface area contributed by atoms with E-state index in [1.165, 1.54) is 26.2 Å². The molecule has 0 aromatic heterocycles. The topological polar surface area (TPSA) is 152 Å². The molecule has 0 saturated carbocycles. The van der Waals surface area contributed by atoms with E-state index < -0.39 is 38.5 Å². The van der Waals surface area contributed by atoms with E-state index in [2.05, 4.69) is 51.9 Å². The van der Waals surface area contributed by atoms with Gasteiger partial charge in [-0.3, -0.25) is 0 Å². The third-order valence-corrected chi connectivity index (χ3v) is 9.25. The molecule has 0 aliphatic carbocycles. The second kappa shape index (κ2) is 12.9. The Bertz CT molecular complexity index is 1110. The van der Waals surface area contributed by atoms with Gasteiger partial charge in [-0.15, -0.1) is 0 Å². The second-order valence-electron chi connectivity index (χ2n) is 6.66. The van der Waals surface area contributed by atoms with Gasteiger partial charge in [0.2, 0.25) is 20.0 Å². The van der Waals surface area contributed by atoms with Gasteiger partial charge < -0.3 is 20.1 Å². The molecule has 4 N–H and O–H groups in total. The molecular formula is C19H24Br2N4O7S2. The molecule has 0 aliphatic heterocycles. The summed E-state index contributed by atoms with van der Waals surface area (Å²) < 4.78 is 65.7. The number of rotatable bonds is 12. The lowest BCUT2D eigenvalue weighted by Crippen LogP contribution is -2.48. The van der Waals surface area contributed by atoms with Crippen LogP contribution in [0.1, 0.15) is 0 Å². The van der Waals surface area contributed by atoms with Crippen molar-refractivity contribution >= 4 is 58.1 Å². The molecule has 34 heavy (non-hydrogen) atoms. The number of hydrogen-bond donors (Lipinski definition) is 4. The van der Waals surface area contributed by atoms with Gasteiger partial charge in [0.25, 0.3) is 0 Å². The lowest BCUT2D eigenvalue weighted by molar-refractivity contribution is 0.0416. The maximum absolute atomic E-state index is 12.6. The SMILES string of the molecule is CNC(COC(=O)OCC(NC)NS(=O)(=O)c1ccccc1Br)NS(=O)(=O)c1ccccc1Br. The number of sulfonamides is 2. The normalized spacial score (nSPS) is 13.8. The van der Waals surface area contributed by atoms with Gasteiger partial charge in [-0.05, 0) is 70.2 Å². The Labute approximate surface area is 215 Å². The number of halogens is 2. The standard InChI is InChI=1S/C19H24Br2N4O7S2/c1-22-17(24-33(27,28)15-9-5-3-7-13(15)20)11-31-19(26)32-12-18(23-2)25-34(29,30)16-10-6-4-8-14(16)21/h3-10,17-18,22-25H,11-12H2,1-2H3. The van der Waals surface area contributed by atoms with Crippen molar-refractivity contribution in [3.8, 4) is 0 Å². The highest BCUT2D eigenvalue weighted by Crippen LogP contribution is 2.22. The van der Waals surface area contributed by atoms with Gasteiger partial charge in [-0.1, -0.05) is 24.3 Å². The quantitative estimate of drug-likeness (QED) is 0.200. The molecule has 0 bridgehead atoms. The lowest BCUT2D eigenvalue weighted by atomic mass is 10.4. The largest absolute Gasteiger partial charge is 0.508 e. The smallest absolute Gasteiger partial charge is 0.431 e. The maximum atomic E-state index is 12.6. The van der Waals surface area contributed by atoms with Crippen LogP contribution in [0.2, 0.25) is 0 Å². The Morgan fingerprint density at radius 3 is 1.44 bits per heavy atom. The molecule has 0 heterocycles. The first kappa shape index (κ1) is 28.6. The molecule has 2 atom stereocenters. The summed E-state index contributed by atoms with van der Waals surface area (Å²) in [6.07, 6.45) is -3.00. The monoisotopic (exact) mass is 642 g/mol. The maximum Gasteiger partial charge on any atom is 0.508 e. The van der Waals surface area contributed by atoms with Gasteiger partial charge in [0.1, 0.15) is 25.5 Å². The number of nitrogens with one attached hydrogen (secondary N) is 4. The minimum atomic E-state index is -3.91. The van der Waals surface area contributed by atoms with Crippen LogP contribution in [0.4, 0.5) is 4.79 Å². The van der Waals surface area contributed by atoms with E-state index in [0.29, 0.717) is 8.95 Å². The van der Waals surface area contributed by atoms with E-state index >= 15 is 0 Å². The number of carbonyl (C=O) groups excluding carboxylic acids is 1. The molecule has 11 nitrogen and oxygen atoms in total. The fourth-order valence-electron chi connectivity index (χ4n) is 2.52. The average molecular weight is 644 g/mol. The van der Waals surface area contributed by atoms with Crippen LogP contribution in [0, 0.1) is 0 Å². The van der Waals surface area contributed by atoms with Crippen molar-refractivity contribution in [3.63, 3.8) is 0 Å². The minimum Gasteiger partial charge on any atom is -0.431 e. The van der Waals surface area contributed by atoms with Gasteiger partial charge in [-0.25, -0.2) is 21.6 Å². The van der Waals surface area contributed by atoms with Crippen molar-refractivity contribution in [2.45, 2.75) is 22.1 Å². The van der Waals surface area contributed by atoms with Crippen LogP contribution < -0.4 is 20.1 Å². The Morgan fingerprint density at radius 2 is 1.12 bits per heavy atom. The molecule has 0 spiro atoms. The Morgan fingerprint density at radius 1 is 0.765 bits per heavy atom. The van der Waals surface area contributed by atoms with Crippen molar-refractivity contribution in [2.75, 3.05) is 27.3 Å². The molecule has 0 amide bonds. The molecule has 0 fully saturated rings. The van der Waals surface area contributed by atoms with E-state index in [9.17, 15) is 21.6 Å². The summed E-state index contributed by atoms with van der Waals surface area (Å²) in [6, 6.07) is 12.5. The zero-order valence-corrected chi connectivity index (χ0v) is 22.9. The van der Waals surface area contributed by atoms with Gasteiger partial charge in [0.15, 0.2) is 0 Å². The fraction of sp³-hybridized carbons (Fsp3) is 0.316. The zero-order valence-electron chi connectivity index (χ0n) is 18.1. The number of carbonyl (C=O) groups is 1. The first-order valence-corrected chi connectivity index (χ1v) is 14.2. The highest BCUT2D eigenvalue weighted by Gasteiger charge is 2.24. The molecule has 0 saturated heterocycles. The third kappa shape index (κ3) is 8.27. The summed E-state index contributed by atoms with van der Waals surface area (Å²) >= 11 is 6.37. The highest BCUT2D eigenvalue weighted by atomic mass is 79.9. The summed E-state index contributed by atoms with van der Waals surface area (Å²) in [5.41, 5.74) is 0. The molecule has 2 rings (SSSR count). The number of benzene rings is 2. The Balaban J connectivity index is 1.89. The van der Waals surface area contributed by atoms with E-state index in [4.69, 9.17) is 9.47 Å². The van der Waals surface area contributed by atoms with Crippen LogP contribution in [0.25, 0.3) is 0 Å². The molecule has 2 unspecified atom stereocenters. The van der Waals surface area contributed by atoms with E-state index in [1.807, 2.05) is 0 Å². The second-order valence-corrected chi connectivity index (χ2v) is 11.7. The predicted octanol–water partition coefficient (Wildman–Crippen LogP) is 1.71. The Hall–Kier alpha value is -1.59. The summed E-state index contributed by atoms with van der Waals surface area (Å²) in [6.45, 7) is -0.766. The van der Waals surface area contributed by atoms with Gasteiger partial charge in [-0.2, -0.15) is 9.44 Å². The van der Waals surface area contributed by atoms with E-state index in [-0.39, 0.29) is 23.0 Å². The first-order valence-electron chi connectivity index (χ1n) is 9.68. The summed E-state index contributed by atoms with van der Waals surface area (Å²) in [7, 11) is -4.86. The average Bonchev–Trinajstić information content (AvgIpc) is 2.79. The summed E-state index contributed by atoms with van der Waals surface area (Å²) in [5.74, 6) is 0. The molecule has 15 heteroatoms. The third-order valence-electron chi connectivity index (χ3n) is 4.28.